The third kappa shape index (κ3) is 3.01. The summed E-state index contributed by atoms with van der Waals surface area (Å²) in [7, 11) is 4.17. The first kappa shape index (κ1) is 12.9. The molecule has 1 aliphatic heterocycles. The van der Waals surface area contributed by atoms with Gasteiger partial charge in [0.25, 0.3) is 6.01 Å². The Balaban J connectivity index is 1.90. The molecule has 2 rings (SSSR count). The summed E-state index contributed by atoms with van der Waals surface area (Å²) >= 11 is 0. The predicted octanol–water partition coefficient (Wildman–Crippen LogP) is 1.15. The number of carboxylic acid groups (broad SMARTS) is 1. The van der Waals surface area contributed by atoms with Crippen LogP contribution in [0.1, 0.15) is 23.3 Å². The summed E-state index contributed by atoms with van der Waals surface area (Å²) in [6.45, 7) is 2.84. The minimum absolute atomic E-state index is 0.0274. The summed E-state index contributed by atoms with van der Waals surface area (Å²) < 4.78 is 5.21. The van der Waals surface area contributed by atoms with Crippen LogP contribution >= 0.6 is 0 Å². The van der Waals surface area contributed by atoms with E-state index in [1.165, 1.54) is 6.26 Å². The summed E-state index contributed by atoms with van der Waals surface area (Å²) in [5.41, 5.74) is -0.0274. The van der Waals surface area contributed by atoms with E-state index in [1.807, 2.05) is 4.90 Å². The molecule has 0 radical (unpaired) electrons. The normalized spacial score (nSPS) is 17.4. The van der Waals surface area contributed by atoms with Crippen molar-refractivity contribution in [3.8, 4) is 0 Å². The van der Waals surface area contributed by atoms with Gasteiger partial charge >= 0.3 is 5.97 Å². The Labute approximate surface area is 106 Å². The van der Waals surface area contributed by atoms with Gasteiger partial charge in [0.1, 0.15) is 6.26 Å². The van der Waals surface area contributed by atoms with Gasteiger partial charge in [0.05, 0.1) is 0 Å². The van der Waals surface area contributed by atoms with Crippen molar-refractivity contribution in [1.82, 2.24) is 9.88 Å². The number of aromatic nitrogens is 1. The molecule has 18 heavy (non-hydrogen) atoms. The molecule has 0 atom stereocenters. The summed E-state index contributed by atoms with van der Waals surface area (Å²) in [6.07, 6.45) is 3.37. The zero-order chi connectivity index (χ0) is 13.1. The molecule has 0 bridgehead atoms. The van der Waals surface area contributed by atoms with Crippen LogP contribution in [0.25, 0.3) is 0 Å². The summed E-state index contributed by atoms with van der Waals surface area (Å²) in [5, 5.41) is 8.79. The van der Waals surface area contributed by atoms with Crippen molar-refractivity contribution in [2.75, 3.05) is 38.6 Å². The number of anilines is 1. The molecule has 0 spiro atoms. The number of hydrogen-bond donors (Lipinski definition) is 1. The zero-order valence-corrected chi connectivity index (χ0v) is 10.8. The molecule has 6 nitrogen and oxygen atoms in total. The van der Waals surface area contributed by atoms with Crippen LogP contribution in [0.4, 0.5) is 6.01 Å². The number of piperidine rings is 1. The molecule has 0 unspecified atom stereocenters. The fraction of sp³-hybridized carbons (Fsp3) is 0.667. The molecule has 1 aromatic rings. The number of rotatable bonds is 4. The third-order valence-electron chi connectivity index (χ3n) is 3.22. The molecule has 1 saturated heterocycles. The van der Waals surface area contributed by atoms with Crippen LogP contribution in [0.3, 0.4) is 0 Å². The Morgan fingerprint density at radius 1 is 1.56 bits per heavy atom. The predicted molar refractivity (Wildman–Crippen MR) is 67.0 cm³/mol. The van der Waals surface area contributed by atoms with E-state index >= 15 is 0 Å². The van der Waals surface area contributed by atoms with E-state index in [-0.39, 0.29) is 5.69 Å². The van der Waals surface area contributed by atoms with E-state index < -0.39 is 5.97 Å². The van der Waals surface area contributed by atoms with Gasteiger partial charge in [-0.1, -0.05) is 0 Å². The van der Waals surface area contributed by atoms with E-state index in [1.54, 1.807) is 0 Å². The first-order valence-corrected chi connectivity index (χ1v) is 6.14. The molecule has 1 fully saturated rings. The number of hydrogen-bond acceptors (Lipinski definition) is 5. The molecular formula is C12H19N3O3. The van der Waals surface area contributed by atoms with Gasteiger partial charge in [0, 0.05) is 19.6 Å². The standard InChI is InChI=1S/C12H19N3O3/c1-14(2)7-9-3-5-15(6-4-9)12-13-10(8-18-12)11(16)17/h8-9H,3-7H2,1-2H3,(H,16,17). The summed E-state index contributed by atoms with van der Waals surface area (Å²) in [4.78, 5) is 18.9. The molecule has 0 amide bonds. The van der Waals surface area contributed by atoms with Gasteiger partial charge in [-0.15, -0.1) is 0 Å². The second-order valence-electron chi connectivity index (χ2n) is 5.01. The number of carboxylic acids is 1. The van der Waals surface area contributed by atoms with Gasteiger partial charge in [-0.05, 0) is 32.9 Å². The minimum Gasteiger partial charge on any atom is -0.476 e. The summed E-state index contributed by atoms with van der Waals surface area (Å²) in [5.74, 6) is -0.349. The number of aromatic carboxylic acids is 1. The highest BCUT2D eigenvalue weighted by Crippen LogP contribution is 2.23. The molecule has 0 aromatic carbocycles. The van der Waals surface area contributed by atoms with Crippen LogP contribution in [-0.2, 0) is 0 Å². The highest BCUT2D eigenvalue weighted by Gasteiger charge is 2.23. The van der Waals surface area contributed by atoms with Crippen molar-refractivity contribution in [3.05, 3.63) is 12.0 Å². The van der Waals surface area contributed by atoms with Crippen molar-refractivity contribution >= 4 is 12.0 Å². The SMILES string of the molecule is CN(C)CC1CCN(c2nc(C(=O)O)co2)CC1. The lowest BCUT2D eigenvalue weighted by Crippen LogP contribution is -2.37. The second kappa shape index (κ2) is 5.39. The Kier molecular flexibility index (Phi) is 3.86. The van der Waals surface area contributed by atoms with Gasteiger partial charge in [-0.2, -0.15) is 4.98 Å². The van der Waals surface area contributed by atoms with Crippen molar-refractivity contribution in [3.63, 3.8) is 0 Å². The maximum absolute atomic E-state index is 10.7. The second-order valence-corrected chi connectivity index (χ2v) is 5.01. The van der Waals surface area contributed by atoms with Gasteiger partial charge < -0.3 is 19.3 Å². The zero-order valence-electron chi connectivity index (χ0n) is 10.8. The average molecular weight is 253 g/mol. The quantitative estimate of drug-likeness (QED) is 0.868. The lowest BCUT2D eigenvalue weighted by atomic mass is 9.97. The molecule has 1 N–H and O–H groups in total. The highest BCUT2D eigenvalue weighted by atomic mass is 16.4. The van der Waals surface area contributed by atoms with Crippen LogP contribution < -0.4 is 4.90 Å². The topological polar surface area (TPSA) is 69.8 Å². The Bertz CT molecular complexity index is 408. The molecule has 100 valence electrons. The number of nitrogens with zero attached hydrogens (tertiary/aromatic N) is 3. The molecule has 2 heterocycles. The minimum atomic E-state index is -1.05. The maximum atomic E-state index is 10.7. The van der Waals surface area contributed by atoms with E-state index in [2.05, 4.69) is 24.0 Å². The van der Waals surface area contributed by atoms with E-state index in [0.717, 1.165) is 32.5 Å². The molecule has 1 aromatic heterocycles. The third-order valence-corrected chi connectivity index (χ3v) is 3.22. The van der Waals surface area contributed by atoms with Crippen LogP contribution in [0.5, 0.6) is 0 Å². The number of oxazole rings is 1. The van der Waals surface area contributed by atoms with Gasteiger partial charge in [-0.25, -0.2) is 4.79 Å². The first-order valence-electron chi connectivity index (χ1n) is 6.14. The lowest BCUT2D eigenvalue weighted by molar-refractivity contribution is 0.0690. The van der Waals surface area contributed by atoms with Crippen LogP contribution in [-0.4, -0.2) is 54.7 Å². The fourth-order valence-electron chi connectivity index (χ4n) is 2.33. The highest BCUT2D eigenvalue weighted by molar-refractivity contribution is 5.85. The van der Waals surface area contributed by atoms with E-state index in [9.17, 15) is 4.79 Å². The van der Waals surface area contributed by atoms with Crippen molar-refractivity contribution in [1.29, 1.82) is 0 Å². The van der Waals surface area contributed by atoms with Crippen LogP contribution in [0, 0.1) is 5.92 Å². The fourth-order valence-corrected chi connectivity index (χ4v) is 2.33. The lowest BCUT2D eigenvalue weighted by Gasteiger charge is -2.32. The average Bonchev–Trinajstić information content (AvgIpc) is 2.78. The van der Waals surface area contributed by atoms with E-state index in [0.29, 0.717) is 11.9 Å². The molecule has 6 heteroatoms. The van der Waals surface area contributed by atoms with Crippen LogP contribution in [0.2, 0.25) is 0 Å². The van der Waals surface area contributed by atoms with Gasteiger partial charge in [-0.3, -0.25) is 0 Å². The largest absolute Gasteiger partial charge is 0.476 e. The molecule has 0 aliphatic carbocycles. The van der Waals surface area contributed by atoms with Gasteiger partial charge in [0.15, 0.2) is 5.69 Å². The monoisotopic (exact) mass is 253 g/mol. The Morgan fingerprint density at radius 2 is 2.22 bits per heavy atom. The smallest absolute Gasteiger partial charge is 0.357 e. The van der Waals surface area contributed by atoms with Gasteiger partial charge in [0.2, 0.25) is 0 Å². The Morgan fingerprint density at radius 3 is 2.72 bits per heavy atom. The molecular weight excluding hydrogens is 234 g/mol. The summed E-state index contributed by atoms with van der Waals surface area (Å²) in [6, 6.07) is 0.427. The van der Waals surface area contributed by atoms with Crippen molar-refractivity contribution in [2.45, 2.75) is 12.8 Å². The van der Waals surface area contributed by atoms with Crippen LogP contribution in [0.15, 0.2) is 10.7 Å². The van der Waals surface area contributed by atoms with Crippen molar-refractivity contribution < 1.29 is 14.3 Å². The van der Waals surface area contributed by atoms with Crippen molar-refractivity contribution in [2.24, 2.45) is 5.92 Å². The molecule has 1 aliphatic rings. The molecule has 0 saturated carbocycles. The van der Waals surface area contributed by atoms with E-state index in [4.69, 9.17) is 9.52 Å². The first-order chi connectivity index (χ1) is 8.56. The number of carbonyl (C=O) groups is 1. The maximum Gasteiger partial charge on any atom is 0.357 e. The Hall–Kier alpha value is -1.56.